The van der Waals surface area contributed by atoms with Gasteiger partial charge in [-0.25, -0.2) is 18.6 Å². The summed E-state index contributed by atoms with van der Waals surface area (Å²) < 4.78 is 32.4. The van der Waals surface area contributed by atoms with Crippen molar-refractivity contribution in [1.29, 1.82) is 0 Å². The molecule has 0 saturated carbocycles. The third-order valence-corrected chi connectivity index (χ3v) is 4.88. The van der Waals surface area contributed by atoms with Crippen molar-refractivity contribution in [3.8, 4) is 11.3 Å². The molecule has 5 nitrogen and oxygen atoms in total. The first kappa shape index (κ1) is 17.3. The maximum absolute atomic E-state index is 13.9. The molecule has 0 radical (unpaired) electrons. The number of cyclic esters (lactones) is 1. The second-order valence-electron chi connectivity index (χ2n) is 5.91. The second kappa shape index (κ2) is 6.88. The minimum Gasteiger partial charge on any atom is -0.448 e. The molecule has 1 N–H and O–H groups in total. The number of ether oxygens (including phenoxy) is 1. The third kappa shape index (κ3) is 3.43. The number of hydrogen-bond donors (Lipinski definition) is 1. The number of hydrogen-bond acceptors (Lipinski definition) is 5. The average Bonchev–Trinajstić information content (AvgIpc) is 3.12. The van der Waals surface area contributed by atoms with E-state index in [-0.39, 0.29) is 22.8 Å². The quantitative estimate of drug-likeness (QED) is 0.695. The normalized spacial score (nSPS) is 15.8. The smallest absolute Gasteiger partial charge is 0.339 e. The highest BCUT2D eigenvalue weighted by Gasteiger charge is 2.31. The molecule has 2 heterocycles. The maximum Gasteiger partial charge on any atom is 0.339 e. The fraction of sp³-hybridized carbons (Fsp3) is 0.105. The van der Waals surface area contributed by atoms with Gasteiger partial charge in [0.25, 0.3) is 5.91 Å². The fourth-order valence-corrected chi connectivity index (χ4v) is 3.53. The minimum atomic E-state index is -0.981. The van der Waals surface area contributed by atoms with Crippen molar-refractivity contribution in [2.75, 3.05) is 5.32 Å². The summed E-state index contributed by atoms with van der Waals surface area (Å²) in [5, 5.41) is 4.27. The number of aromatic nitrogens is 1. The molecule has 0 saturated heterocycles. The van der Waals surface area contributed by atoms with Crippen LogP contribution in [-0.2, 0) is 16.0 Å². The number of benzene rings is 2. The van der Waals surface area contributed by atoms with E-state index in [4.69, 9.17) is 4.74 Å². The Labute approximate surface area is 156 Å². The van der Waals surface area contributed by atoms with Crippen LogP contribution in [0.5, 0.6) is 0 Å². The first-order valence-corrected chi connectivity index (χ1v) is 8.90. The lowest BCUT2D eigenvalue weighted by Gasteiger charge is -2.23. The number of nitrogens with zero attached hydrogens (tertiary/aromatic N) is 1. The predicted octanol–water partition coefficient (Wildman–Crippen LogP) is 3.81. The van der Waals surface area contributed by atoms with Crippen molar-refractivity contribution in [2.45, 2.75) is 12.5 Å². The van der Waals surface area contributed by atoms with Gasteiger partial charge in [0.05, 0.1) is 11.3 Å². The van der Waals surface area contributed by atoms with Gasteiger partial charge in [0.2, 0.25) is 0 Å². The predicted molar refractivity (Wildman–Crippen MR) is 95.4 cm³/mol. The fourth-order valence-electron chi connectivity index (χ4n) is 2.81. The number of fused-ring (bicyclic) bond motifs is 1. The molecule has 1 aliphatic rings. The number of esters is 1. The second-order valence-corrected chi connectivity index (χ2v) is 6.76. The number of anilines is 1. The average molecular weight is 386 g/mol. The molecule has 4 rings (SSSR count). The maximum atomic E-state index is 13.9. The summed E-state index contributed by atoms with van der Waals surface area (Å²) in [6.07, 6.45) is -0.726. The summed E-state index contributed by atoms with van der Waals surface area (Å²) in [4.78, 5) is 28.6. The van der Waals surface area contributed by atoms with Crippen LogP contribution in [0.15, 0.2) is 47.8 Å². The highest BCUT2D eigenvalue weighted by atomic mass is 32.1. The van der Waals surface area contributed by atoms with E-state index >= 15 is 0 Å². The number of nitrogens with one attached hydrogen (secondary N) is 1. The third-order valence-electron chi connectivity index (χ3n) is 4.12. The number of carbonyl (C=O) groups excluding carboxylic acids is 2. The first-order valence-electron chi connectivity index (χ1n) is 8.02. The van der Waals surface area contributed by atoms with Crippen molar-refractivity contribution < 1.29 is 23.1 Å². The van der Waals surface area contributed by atoms with E-state index in [2.05, 4.69) is 10.3 Å². The van der Waals surface area contributed by atoms with Crippen molar-refractivity contribution >= 4 is 28.3 Å². The molecule has 0 bridgehead atoms. The number of thiazole rings is 1. The standard InChI is InChI=1S/C19H12F2N2O3S/c20-11-5-6-14(21)13(8-11)15-9-27-19(22-15)23-17(24)16-7-10-3-1-2-4-12(10)18(25)26-16/h1-6,8-9,16H,7H2,(H,22,23,24)/t16-/m1/s1. The molecule has 27 heavy (non-hydrogen) atoms. The highest BCUT2D eigenvalue weighted by Crippen LogP contribution is 2.28. The molecule has 0 fully saturated rings. The van der Waals surface area contributed by atoms with Crippen molar-refractivity contribution in [3.63, 3.8) is 0 Å². The Morgan fingerprint density at radius 2 is 2.00 bits per heavy atom. The van der Waals surface area contributed by atoms with Crippen LogP contribution in [0.25, 0.3) is 11.3 Å². The molecular formula is C19H12F2N2O3S. The van der Waals surface area contributed by atoms with Crippen LogP contribution in [-0.4, -0.2) is 23.0 Å². The SMILES string of the molecule is O=C1O[C@@H](C(=O)Nc2nc(-c3cc(F)ccc3F)cs2)Cc2ccccc21. The lowest BCUT2D eigenvalue weighted by molar-refractivity contribution is -0.125. The molecule has 0 unspecified atom stereocenters. The molecule has 1 aromatic heterocycles. The van der Waals surface area contributed by atoms with Gasteiger partial charge in [0.15, 0.2) is 11.2 Å². The Hall–Kier alpha value is -3.13. The number of carbonyl (C=O) groups is 2. The van der Waals surface area contributed by atoms with Crippen molar-refractivity contribution in [1.82, 2.24) is 4.98 Å². The zero-order valence-corrected chi connectivity index (χ0v) is 14.6. The summed E-state index contributed by atoms with van der Waals surface area (Å²) in [5.74, 6) is -2.28. The first-order chi connectivity index (χ1) is 13.0. The van der Waals surface area contributed by atoms with E-state index in [0.717, 1.165) is 35.1 Å². The van der Waals surface area contributed by atoms with E-state index < -0.39 is 29.6 Å². The van der Waals surface area contributed by atoms with Gasteiger partial charge in [-0.1, -0.05) is 18.2 Å². The lowest BCUT2D eigenvalue weighted by atomic mass is 9.98. The summed E-state index contributed by atoms with van der Waals surface area (Å²) in [7, 11) is 0. The topological polar surface area (TPSA) is 68.3 Å². The van der Waals surface area contributed by atoms with Crippen LogP contribution < -0.4 is 5.32 Å². The zero-order valence-electron chi connectivity index (χ0n) is 13.7. The van der Waals surface area contributed by atoms with E-state index in [1.54, 1.807) is 24.3 Å². The van der Waals surface area contributed by atoms with E-state index in [1.165, 1.54) is 5.38 Å². The zero-order chi connectivity index (χ0) is 19.0. The summed E-state index contributed by atoms with van der Waals surface area (Å²) in [6, 6.07) is 9.99. The van der Waals surface area contributed by atoms with Crippen molar-refractivity contribution in [2.24, 2.45) is 0 Å². The van der Waals surface area contributed by atoms with Gasteiger partial charge in [0, 0.05) is 17.4 Å². The van der Waals surface area contributed by atoms with Crippen LogP contribution >= 0.6 is 11.3 Å². The molecule has 136 valence electrons. The van der Waals surface area contributed by atoms with Crippen molar-refractivity contribution in [3.05, 3.63) is 70.6 Å². The Bertz CT molecular complexity index is 1050. The van der Waals surface area contributed by atoms with Crippen LogP contribution in [0.2, 0.25) is 0 Å². The van der Waals surface area contributed by atoms with E-state index in [9.17, 15) is 18.4 Å². The van der Waals surface area contributed by atoms with Gasteiger partial charge in [-0.15, -0.1) is 11.3 Å². The van der Waals surface area contributed by atoms with Gasteiger partial charge < -0.3 is 4.74 Å². The largest absolute Gasteiger partial charge is 0.448 e. The Balaban J connectivity index is 1.51. The van der Waals surface area contributed by atoms with Gasteiger partial charge in [0.1, 0.15) is 11.6 Å². The van der Waals surface area contributed by atoms with E-state index in [0.29, 0.717) is 5.56 Å². The summed E-state index contributed by atoms with van der Waals surface area (Å²) >= 11 is 1.07. The van der Waals surface area contributed by atoms with Crippen LogP contribution in [0, 0.1) is 11.6 Å². The summed E-state index contributed by atoms with van der Waals surface area (Å²) in [6.45, 7) is 0. The number of halogens is 2. The molecule has 8 heteroatoms. The van der Waals surface area contributed by atoms with Gasteiger partial charge in [-0.3, -0.25) is 10.1 Å². The molecule has 1 atom stereocenters. The molecule has 0 spiro atoms. The number of amides is 1. The van der Waals surface area contributed by atoms with Crippen LogP contribution in [0.1, 0.15) is 15.9 Å². The monoisotopic (exact) mass is 386 g/mol. The Kier molecular flexibility index (Phi) is 4.41. The molecule has 1 aliphatic heterocycles. The molecular weight excluding hydrogens is 374 g/mol. The highest BCUT2D eigenvalue weighted by molar-refractivity contribution is 7.14. The van der Waals surface area contributed by atoms with Gasteiger partial charge in [-0.05, 0) is 29.8 Å². The van der Waals surface area contributed by atoms with Gasteiger partial charge >= 0.3 is 5.97 Å². The molecule has 2 aromatic carbocycles. The Morgan fingerprint density at radius 1 is 1.19 bits per heavy atom. The molecule has 3 aromatic rings. The van der Waals surface area contributed by atoms with E-state index in [1.807, 2.05) is 0 Å². The van der Waals surface area contributed by atoms with Gasteiger partial charge in [-0.2, -0.15) is 0 Å². The van der Waals surface area contributed by atoms with Crippen LogP contribution in [0.3, 0.4) is 0 Å². The lowest BCUT2D eigenvalue weighted by Crippen LogP contribution is -2.37. The molecule has 1 amide bonds. The Morgan fingerprint density at radius 3 is 2.85 bits per heavy atom. The number of rotatable bonds is 3. The molecule has 0 aliphatic carbocycles. The minimum absolute atomic E-state index is 0.00442. The summed E-state index contributed by atoms with van der Waals surface area (Å²) in [5.41, 5.74) is 1.39. The van der Waals surface area contributed by atoms with Crippen LogP contribution in [0.4, 0.5) is 13.9 Å².